The zero-order valence-electron chi connectivity index (χ0n) is 15.6. The van der Waals surface area contributed by atoms with Crippen molar-refractivity contribution in [2.24, 2.45) is 0 Å². The predicted octanol–water partition coefficient (Wildman–Crippen LogP) is 4.50. The number of benzene rings is 3. The van der Waals surface area contributed by atoms with Gasteiger partial charge in [-0.25, -0.2) is 8.42 Å². The van der Waals surface area contributed by atoms with Gasteiger partial charge in [0.05, 0.1) is 4.90 Å². The van der Waals surface area contributed by atoms with Gasteiger partial charge in [-0.05, 0) is 60.9 Å². The van der Waals surface area contributed by atoms with Crippen LogP contribution in [0.15, 0.2) is 83.8 Å². The number of hydrogen-bond acceptors (Lipinski definition) is 3. The van der Waals surface area contributed by atoms with E-state index in [1.807, 2.05) is 18.2 Å². The minimum Gasteiger partial charge on any atom is -0.352 e. The molecule has 29 heavy (non-hydrogen) atoms. The van der Waals surface area contributed by atoms with E-state index in [4.69, 9.17) is 11.6 Å². The van der Waals surface area contributed by atoms with Gasteiger partial charge in [-0.3, -0.25) is 9.52 Å². The van der Waals surface area contributed by atoms with Crippen molar-refractivity contribution >= 4 is 33.2 Å². The number of rotatable bonds is 8. The summed E-state index contributed by atoms with van der Waals surface area (Å²) in [6.45, 7) is 0.536. The molecule has 0 saturated heterocycles. The minimum absolute atomic E-state index is 0.0951. The molecule has 0 radical (unpaired) electrons. The summed E-state index contributed by atoms with van der Waals surface area (Å²) in [7, 11) is -3.76. The third-order valence-electron chi connectivity index (χ3n) is 4.27. The Bertz CT molecular complexity index is 1070. The molecule has 2 N–H and O–H groups in total. The van der Waals surface area contributed by atoms with Crippen LogP contribution in [0, 0.1) is 0 Å². The van der Waals surface area contributed by atoms with Crippen LogP contribution in [0.2, 0.25) is 5.02 Å². The molecule has 0 spiro atoms. The average Bonchev–Trinajstić information content (AvgIpc) is 2.72. The summed E-state index contributed by atoms with van der Waals surface area (Å²) in [5.41, 5.74) is 1.93. The highest BCUT2D eigenvalue weighted by Gasteiger charge is 2.15. The van der Waals surface area contributed by atoms with Crippen molar-refractivity contribution in [2.75, 3.05) is 11.3 Å². The Balaban J connectivity index is 1.58. The topological polar surface area (TPSA) is 75.3 Å². The van der Waals surface area contributed by atoms with Crippen molar-refractivity contribution in [1.82, 2.24) is 5.32 Å². The first kappa shape index (κ1) is 20.9. The molecule has 7 heteroatoms. The van der Waals surface area contributed by atoms with Crippen LogP contribution >= 0.6 is 11.6 Å². The first-order chi connectivity index (χ1) is 13.9. The third-order valence-corrected chi connectivity index (χ3v) is 5.92. The van der Waals surface area contributed by atoms with Crippen LogP contribution in [-0.2, 0) is 16.4 Å². The maximum Gasteiger partial charge on any atom is 0.261 e. The van der Waals surface area contributed by atoms with Crippen molar-refractivity contribution in [1.29, 1.82) is 0 Å². The van der Waals surface area contributed by atoms with Gasteiger partial charge in [0.1, 0.15) is 0 Å². The molecule has 0 fully saturated rings. The van der Waals surface area contributed by atoms with Gasteiger partial charge < -0.3 is 5.32 Å². The molecule has 0 bridgehead atoms. The van der Waals surface area contributed by atoms with Gasteiger partial charge in [-0.15, -0.1) is 0 Å². The van der Waals surface area contributed by atoms with Crippen LogP contribution in [0.5, 0.6) is 0 Å². The Labute approximate surface area is 175 Å². The second kappa shape index (κ2) is 9.58. The van der Waals surface area contributed by atoms with Crippen LogP contribution in [0.1, 0.15) is 22.3 Å². The van der Waals surface area contributed by atoms with Crippen molar-refractivity contribution in [2.45, 2.75) is 17.7 Å². The lowest BCUT2D eigenvalue weighted by Gasteiger charge is -2.10. The van der Waals surface area contributed by atoms with E-state index in [-0.39, 0.29) is 10.8 Å². The number of aryl methyl sites for hydroxylation is 1. The Morgan fingerprint density at radius 3 is 2.34 bits per heavy atom. The zero-order chi connectivity index (χ0) is 20.7. The van der Waals surface area contributed by atoms with Gasteiger partial charge in [0.15, 0.2) is 0 Å². The summed E-state index contributed by atoms with van der Waals surface area (Å²) in [4.78, 5) is 12.5. The number of nitrogens with one attached hydrogen (secondary N) is 2. The number of amides is 1. The summed E-state index contributed by atoms with van der Waals surface area (Å²) in [6.07, 6.45) is 1.70. The monoisotopic (exact) mass is 428 g/mol. The van der Waals surface area contributed by atoms with Gasteiger partial charge in [-0.1, -0.05) is 48.0 Å². The number of hydrogen-bond donors (Lipinski definition) is 2. The highest BCUT2D eigenvalue weighted by molar-refractivity contribution is 7.92. The van der Waals surface area contributed by atoms with Gasteiger partial charge in [-0.2, -0.15) is 0 Å². The van der Waals surface area contributed by atoms with Crippen LogP contribution in [0.25, 0.3) is 0 Å². The number of halogens is 1. The molecule has 0 heterocycles. The molecule has 0 aliphatic rings. The molecule has 0 aromatic heterocycles. The van der Waals surface area contributed by atoms with Crippen molar-refractivity contribution in [3.8, 4) is 0 Å². The average molecular weight is 429 g/mol. The third kappa shape index (κ3) is 6.07. The summed E-state index contributed by atoms with van der Waals surface area (Å²) in [5, 5.41) is 3.32. The molecule has 1 amide bonds. The van der Waals surface area contributed by atoms with Gasteiger partial charge in [0.2, 0.25) is 0 Å². The molecule has 0 unspecified atom stereocenters. The summed E-state index contributed by atoms with van der Waals surface area (Å²) >= 11 is 5.80. The first-order valence-electron chi connectivity index (χ1n) is 9.15. The van der Waals surface area contributed by atoms with E-state index in [9.17, 15) is 13.2 Å². The molecule has 5 nitrogen and oxygen atoms in total. The van der Waals surface area contributed by atoms with E-state index in [2.05, 4.69) is 22.2 Å². The maximum atomic E-state index is 12.5. The van der Waals surface area contributed by atoms with Crippen molar-refractivity contribution < 1.29 is 13.2 Å². The molecule has 0 aliphatic carbocycles. The highest BCUT2D eigenvalue weighted by atomic mass is 35.5. The van der Waals surface area contributed by atoms with E-state index in [0.717, 1.165) is 12.8 Å². The van der Waals surface area contributed by atoms with Gasteiger partial charge >= 0.3 is 0 Å². The lowest BCUT2D eigenvalue weighted by Crippen LogP contribution is -2.25. The minimum atomic E-state index is -3.76. The summed E-state index contributed by atoms with van der Waals surface area (Å²) in [6, 6.07) is 22.3. The number of carbonyl (C=O) groups excluding carboxylic acids is 1. The van der Waals surface area contributed by atoms with Crippen molar-refractivity contribution in [3.63, 3.8) is 0 Å². The van der Waals surface area contributed by atoms with Crippen LogP contribution in [-0.4, -0.2) is 20.9 Å². The highest BCUT2D eigenvalue weighted by Crippen LogP contribution is 2.19. The number of sulfonamides is 1. The molecule has 0 saturated carbocycles. The summed E-state index contributed by atoms with van der Waals surface area (Å²) < 4.78 is 27.5. The largest absolute Gasteiger partial charge is 0.352 e. The first-order valence-corrected chi connectivity index (χ1v) is 11.0. The molecule has 150 valence electrons. The van der Waals surface area contributed by atoms with E-state index in [0.29, 0.717) is 22.8 Å². The molecule has 0 aliphatic heterocycles. The van der Waals surface area contributed by atoms with E-state index >= 15 is 0 Å². The molecular weight excluding hydrogens is 408 g/mol. The molecule has 3 aromatic carbocycles. The predicted molar refractivity (Wildman–Crippen MR) is 116 cm³/mol. The zero-order valence-corrected chi connectivity index (χ0v) is 17.2. The smallest absolute Gasteiger partial charge is 0.261 e. The normalized spacial score (nSPS) is 11.1. The second-order valence-corrected chi connectivity index (χ2v) is 8.60. The Kier molecular flexibility index (Phi) is 6.90. The SMILES string of the molecule is O=C(NCCCc1ccccc1)c1cccc(NS(=O)(=O)c2ccc(Cl)cc2)c1. The summed E-state index contributed by atoms with van der Waals surface area (Å²) in [5.74, 6) is -0.245. The lowest BCUT2D eigenvalue weighted by atomic mass is 10.1. The maximum absolute atomic E-state index is 12.5. The van der Waals surface area contributed by atoms with Crippen LogP contribution in [0.4, 0.5) is 5.69 Å². The van der Waals surface area contributed by atoms with Gasteiger partial charge in [0.25, 0.3) is 15.9 Å². The van der Waals surface area contributed by atoms with Crippen molar-refractivity contribution in [3.05, 3.63) is 95.0 Å². The Morgan fingerprint density at radius 2 is 1.62 bits per heavy atom. The van der Waals surface area contributed by atoms with E-state index in [1.54, 1.807) is 18.2 Å². The van der Waals surface area contributed by atoms with E-state index < -0.39 is 10.0 Å². The molecule has 0 atom stereocenters. The fourth-order valence-corrected chi connectivity index (χ4v) is 3.97. The Hall–Kier alpha value is -2.83. The quantitative estimate of drug-likeness (QED) is 0.518. The molecule has 3 rings (SSSR count). The second-order valence-electron chi connectivity index (χ2n) is 6.49. The van der Waals surface area contributed by atoms with E-state index in [1.165, 1.54) is 35.9 Å². The molecular formula is C22H21ClN2O3S. The van der Waals surface area contributed by atoms with Crippen LogP contribution < -0.4 is 10.0 Å². The molecule has 3 aromatic rings. The number of carbonyl (C=O) groups is 1. The van der Waals surface area contributed by atoms with Gasteiger partial charge in [0, 0.05) is 22.8 Å². The van der Waals surface area contributed by atoms with Crippen LogP contribution in [0.3, 0.4) is 0 Å². The standard InChI is InChI=1S/C22H21ClN2O3S/c23-19-11-13-21(14-12-19)29(27,28)25-20-10-4-9-18(16-20)22(26)24-15-5-8-17-6-2-1-3-7-17/h1-4,6-7,9-14,16,25H,5,8,15H2,(H,24,26). The number of anilines is 1. The lowest BCUT2D eigenvalue weighted by molar-refractivity contribution is 0.0953. The fraction of sp³-hybridized carbons (Fsp3) is 0.136. The fourth-order valence-electron chi connectivity index (χ4n) is 2.79. The Morgan fingerprint density at radius 1 is 0.897 bits per heavy atom.